The van der Waals surface area contributed by atoms with Gasteiger partial charge in [-0.3, -0.25) is 4.79 Å². The molecule has 3 nitrogen and oxygen atoms in total. The van der Waals surface area contributed by atoms with Crippen LogP contribution in [0.4, 0.5) is 5.69 Å². The molecule has 0 saturated carbocycles. The maximum absolute atomic E-state index is 12.3. The molecule has 0 atom stereocenters. The monoisotopic (exact) mass is 351 g/mol. The molecular formula is C18H19Cl2NO2. The average Bonchev–Trinajstić information content (AvgIpc) is 2.51. The van der Waals surface area contributed by atoms with Crippen molar-refractivity contribution < 1.29 is 9.53 Å². The molecule has 2 aromatic rings. The highest BCUT2D eigenvalue weighted by atomic mass is 35.5. The third-order valence-corrected chi connectivity index (χ3v) is 3.98. The van der Waals surface area contributed by atoms with E-state index in [2.05, 4.69) is 19.2 Å². The van der Waals surface area contributed by atoms with E-state index in [1.54, 1.807) is 36.4 Å². The molecule has 0 aliphatic heterocycles. The van der Waals surface area contributed by atoms with E-state index in [9.17, 15) is 4.79 Å². The molecule has 0 aliphatic carbocycles. The molecule has 0 aliphatic rings. The summed E-state index contributed by atoms with van der Waals surface area (Å²) in [5.41, 5.74) is 1.12. The van der Waals surface area contributed by atoms with E-state index in [1.807, 2.05) is 6.07 Å². The van der Waals surface area contributed by atoms with Crippen molar-refractivity contribution in [3.63, 3.8) is 0 Å². The van der Waals surface area contributed by atoms with Gasteiger partial charge < -0.3 is 10.1 Å². The van der Waals surface area contributed by atoms with Gasteiger partial charge in [0.05, 0.1) is 16.7 Å². The normalized spacial score (nSPS) is 10.7. The first-order valence-electron chi connectivity index (χ1n) is 7.45. The van der Waals surface area contributed by atoms with Crippen molar-refractivity contribution in [2.75, 3.05) is 11.9 Å². The van der Waals surface area contributed by atoms with Gasteiger partial charge in [-0.15, -0.1) is 0 Å². The summed E-state index contributed by atoms with van der Waals surface area (Å²) in [6, 6.07) is 12.1. The Hall–Kier alpha value is -1.71. The minimum Gasteiger partial charge on any atom is -0.494 e. The van der Waals surface area contributed by atoms with Gasteiger partial charge in [0, 0.05) is 11.3 Å². The van der Waals surface area contributed by atoms with Gasteiger partial charge in [-0.25, -0.2) is 0 Å². The highest BCUT2D eigenvalue weighted by Gasteiger charge is 2.09. The Balaban J connectivity index is 2.02. The topological polar surface area (TPSA) is 38.3 Å². The predicted molar refractivity (Wildman–Crippen MR) is 95.8 cm³/mol. The maximum atomic E-state index is 12.3. The van der Waals surface area contributed by atoms with Crippen LogP contribution in [0.2, 0.25) is 10.0 Å². The van der Waals surface area contributed by atoms with E-state index in [1.165, 1.54) is 0 Å². The van der Waals surface area contributed by atoms with Crippen LogP contribution in [0.1, 0.15) is 30.6 Å². The van der Waals surface area contributed by atoms with Crippen LogP contribution in [0.15, 0.2) is 42.5 Å². The zero-order valence-electron chi connectivity index (χ0n) is 13.1. The number of hydrogen-bond acceptors (Lipinski definition) is 2. The minimum atomic E-state index is -0.224. The molecule has 0 aromatic heterocycles. The molecular weight excluding hydrogens is 333 g/mol. The summed E-state index contributed by atoms with van der Waals surface area (Å²) in [5, 5.41) is 3.64. The Morgan fingerprint density at radius 3 is 2.61 bits per heavy atom. The van der Waals surface area contributed by atoms with Crippen molar-refractivity contribution in [1.29, 1.82) is 0 Å². The van der Waals surface area contributed by atoms with Crippen LogP contribution in [-0.4, -0.2) is 12.5 Å². The Kier molecular flexibility index (Phi) is 6.31. The maximum Gasteiger partial charge on any atom is 0.255 e. The van der Waals surface area contributed by atoms with Gasteiger partial charge in [-0.1, -0.05) is 43.1 Å². The summed E-state index contributed by atoms with van der Waals surface area (Å²) in [6.07, 6.45) is 0.972. The fraction of sp³-hybridized carbons (Fsp3) is 0.278. The van der Waals surface area contributed by atoms with Gasteiger partial charge in [0.15, 0.2) is 0 Å². The van der Waals surface area contributed by atoms with Crippen molar-refractivity contribution in [2.45, 2.75) is 20.3 Å². The van der Waals surface area contributed by atoms with E-state index in [0.29, 0.717) is 39.6 Å². The summed E-state index contributed by atoms with van der Waals surface area (Å²) >= 11 is 11.8. The molecule has 0 saturated heterocycles. The molecule has 0 unspecified atom stereocenters. The van der Waals surface area contributed by atoms with Crippen LogP contribution in [0.5, 0.6) is 5.75 Å². The fourth-order valence-electron chi connectivity index (χ4n) is 1.92. The lowest BCUT2D eigenvalue weighted by Gasteiger charge is -2.10. The van der Waals surface area contributed by atoms with Gasteiger partial charge in [0.1, 0.15) is 5.75 Å². The van der Waals surface area contributed by atoms with Crippen LogP contribution in [0.25, 0.3) is 0 Å². The van der Waals surface area contributed by atoms with E-state index in [0.717, 1.165) is 6.42 Å². The third-order valence-electron chi connectivity index (χ3n) is 3.24. The highest BCUT2D eigenvalue weighted by molar-refractivity contribution is 6.42. The Morgan fingerprint density at radius 2 is 1.91 bits per heavy atom. The summed E-state index contributed by atoms with van der Waals surface area (Å²) in [4.78, 5) is 12.3. The number of ether oxygens (including phenoxy) is 1. The van der Waals surface area contributed by atoms with Gasteiger partial charge >= 0.3 is 0 Å². The van der Waals surface area contributed by atoms with E-state index in [4.69, 9.17) is 27.9 Å². The quantitative estimate of drug-likeness (QED) is 0.727. The first-order valence-corrected chi connectivity index (χ1v) is 8.20. The van der Waals surface area contributed by atoms with Crippen LogP contribution in [-0.2, 0) is 0 Å². The van der Waals surface area contributed by atoms with Crippen LogP contribution in [0, 0.1) is 5.92 Å². The second-order valence-corrected chi connectivity index (χ2v) is 6.46. The molecule has 0 fully saturated rings. The average molecular weight is 352 g/mol. The number of nitrogens with one attached hydrogen (secondary N) is 1. The first kappa shape index (κ1) is 17.6. The molecule has 122 valence electrons. The standard InChI is InChI=1S/C18H19Cl2NO2/c1-12(2)8-9-23-15-5-3-4-13(10-15)18(22)21-14-6-7-16(19)17(20)11-14/h3-7,10-12H,8-9H2,1-2H3,(H,21,22). The summed E-state index contributed by atoms with van der Waals surface area (Å²) in [6.45, 7) is 4.92. The fourth-order valence-corrected chi connectivity index (χ4v) is 2.21. The number of rotatable bonds is 6. The smallest absolute Gasteiger partial charge is 0.255 e. The molecule has 2 aromatic carbocycles. The van der Waals surface area contributed by atoms with Crippen molar-refractivity contribution in [2.24, 2.45) is 5.92 Å². The van der Waals surface area contributed by atoms with E-state index in [-0.39, 0.29) is 5.91 Å². The lowest BCUT2D eigenvalue weighted by molar-refractivity contribution is 0.102. The summed E-state index contributed by atoms with van der Waals surface area (Å²) in [5.74, 6) is 1.04. The SMILES string of the molecule is CC(C)CCOc1cccc(C(=O)Nc2ccc(Cl)c(Cl)c2)c1. The van der Waals surface area contributed by atoms with Crippen LogP contribution < -0.4 is 10.1 Å². The second-order valence-electron chi connectivity index (χ2n) is 5.64. The van der Waals surface area contributed by atoms with Crippen molar-refractivity contribution in [3.05, 3.63) is 58.1 Å². The van der Waals surface area contributed by atoms with Gasteiger partial charge in [-0.2, -0.15) is 0 Å². The number of amides is 1. The molecule has 0 radical (unpaired) electrons. The zero-order valence-corrected chi connectivity index (χ0v) is 14.6. The van der Waals surface area contributed by atoms with Gasteiger partial charge in [0.25, 0.3) is 5.91 Å². The molecule has 23 heavy (non-hydrogen) atoms. The van der Waals surface area contributed by atoms with Gasteiger partial charge in [-0.05, 0) is 48.7 Å². The van der Waals surface area contributed by atoms with E-state index < -0.39 is 0 Å². The number of carbonyl (C=O) groups is 1. The number of carbonyl (C=O) groups excluding carboxylic acids is 1. The summed E-state index contributed by atoms with van der Waals surface area (Å²) < 4.78 is 5.67. The number of hydrogen-bond donors (Lipinski definition) is 1. The Morgan fingerprint density at radius 1 is 1.13 bits per heavy atom. The number of anilines is 1. The highest BCUT2D eigenvalue weighted by Crippen LogP contribution is 2.25. The Bertz CT molecular complexity index is 686. The molecule has 0 spiro atoms. The van der Waals surface area contributed by atoms with Gasteiger partial charge in [0.2, 0.25) is 0 Å². The molecule has 5 heteroatoms. The minimum absolute atomic E-state index is 0.224. The summed E-state index contributed by atoms with van der Waals surface area (Å²) in [7, 11) is 0. The first-order chi connectivity index (χ1) is 11.0. The molecule has 1 N–H and O–H groups in total. The van der Waals surface area contributed by atoms with Crippen LogP contribution >= 0.6 is 23.2 Å². The molecule has 2 rings (SSSR count). The van der Waals surface area contributed by atoms with Crippen molar-refractivity contribution >= 4 is 34.8 Å². The van der Waals surface area contributed by atoms with Crippen LogP contribution in [0.3, 0.4) is 0 Å². The Labute approximate surface area is 146 Å². The molecule has 0 heterocycles. The zero-order chi connectivity index (χ0) is 16.8. The molecule has 0 bridgehead atoms. The third kappa shape index (κ3) is 5.45. The molecule has 1 amide bonds. The van der Waals surface area contributed by atoms with Crippen molar-refractivity contribution in [1.82, 2.24) is 0 Å². The lowest BCUT2D eigenvalue weighted by Crippen LogP contribution is -2.12. The van der Waals surface area contributed by atoms with E-state index >= 15 is 0 Å². The largest absolute Gasteiger partial charge is 0.494 e. The lowest BCUT2D eigenvalue weighted by atomic mass is 10.1. The predicted octanol–water partition coefficient (Wildman–Crippen LogP) is 5.67. The number of benzene rings is 2. The second kappa shape index (κ2) is 8.23. The van der Waals surface area contributed by atoms with Crippen molar-refractivity contribution in [3.8, 4) is 5.75 Å². The number of halogens is 2.